The SMILES string of the molecule is [N-]=[N+]=NC1CCN(C(P(=O)(O)O)P(=O)(O)O)CC1. The molecular weight excluding hydrogens is 286 g/mol. The molecule has 1 aliphatic rings. The first kappa shape index (κ1) is 15.6. The average molecular weight is 300 g/mol. The van der Waals surface area contributed by atoms with Gasteiger partial charge in [-0.2, -0.15) is 0 Å². The molecule has 0 atom stereocenters. The molecule has 12 heteroatoms. The first-order valence-corrected chi connectivity index (χ1v) is 8.41. The Morgan fingerprint density at radius 3 is 1.94 bits per heavy atom. The topological polar surface area (TPSA) is 167 Å². The van der Waals surface area contributed by atoms with Crippen LogP contribution >= 0.6 is 15.2 Å². The van der Waals surface area contributed by atoms with Crippen molar-refractivity contribution in [3.63, 3.8) is 0 Å². The van der Waals surface area contributed by atoms with Gasteiger partial charge in [-0.3, -0.25) is 14.0 Å². The molecule has 0 radical (unpaired) electrons. The van der Waals surface area contributed by atoms with Gasteiger partial charge in [0.1, 0.15) is 0 Å². The van der Waals surface area contributed by atoms with Gasteiger partial charge in [-0.1, -0.05) is 5.11 Å². The molecule has 18 heavy (non-hydrogen) atoms. The van der Waals surface area contributed by atoms with Crippen molar-refractivity contribution in [2.45, 2.75) is 24.4 Å². The molecule has 0 amide bonds. The Morgan fingerprint density at radius 2 is 1.61 bits per heavy atom. The van der Waals surface area contributed by atoms with Crippen molar-refractivity contribution in [1.82, 2.24) is 4.90 Å². The second-order valence-corrected chi connectivity index (χ2v) is 7.74. The second-order valence-electron chi connectivity index (χ2n) is 4.00. The predicted octanol–water partition coefficient (Wildman–Crippen LogP) is 0.400. The number of piperidine rings is 1. The van der Waals surface area contributed by atoms with Gasteiger partial charge in [0.2, 0.25) is 5.52 Å². The van der Waals surface area contributed by atoms with E-state index in [-0.39, 0.29) is 19.1 Å². The van der Waals surface area contributed by atoms with E-state index in [9.17, 15) is 9.13 Å². The molecule has 1 rings (SSSR count). The van der Waals surface area contributed by atoms with Crippen LogP contribution in [0.5, 0.6) is 0 Å². The van der Waals surface area contributed by atoms with Crippen LogP contribution in [0.3, 0.4) is 0 Å². The van der Waals surface area contributed by atoms with Gasteiger partial charge in [0.15, 0.2) is 0 Å². The van der Waals surface area contributed by atoms with Crippen LogP contribution in [0.4, 0.5) is 0 Å². The zero-order valence-electron chi connectivity index (χ0n) is 9.27. The molecule has 10 nitrogen and oxygen atoms in total. The highest BCUT2D eigenvalue weighted by atomic mass is 31.2. The minimum atomic E-state index is -4.94. The van der Waals surface area contributed by atoms with E-state index in [0.717, 1.165) is 4.90 Å². The molecule has 4 N–H and O–H groups in total. The summed E-state index contributed by atoms with van der Waals surface area (Å²) in [5, 5.41) is 3.47. The number of hydrogen-bond donors (Lipinski definition) is 4. The first-order valence-electron chi connectivity index (χ1n) is 5.05. The molecule has 104 valence electrons. The third kappa shape index (κ3) is 4.05. The van der Waals surface area contributed by atoms with Crippen molar-refractivity contribution in [2.24, 2.45) is 5.11 Å². The van der Waals surface area contributed by atoms with Crippen molar-refractivity contribution in [2.75, 3.05) is 13.1 Å². The van der Waals surface area contributed by atoms with Crippen molar-refractivity contribution < 1.29 is 28.7 Å². The van der Waals surface area contributed by atoms with E-state index in [1.807, 2.05) is 0 Å². The summed E-state index contributed by atoms with van der Waals surface area (Å²) in [7, 11) is -9.88. The number of likely N-dealkylation sites (tertiary alicyclic amines) is 1. The maximum absolute atomic E-state index is 11.2. The first-order chi connectivity index (χ1) is 8.16. The summed E-state index contributed by atoms with van der Waals surface area (Å²) in [5.41, 5.74) is 6.13. The third-order valence-corrected chi connectivity index (χ3v) is 6.30. The summed E-state index contributed by atoms with van der Waals surface area (Å²) < 4.78 is 22.3. The van der Waals surface area contributed by atoms with E-state index < -0.39 is 20.7 Å². The van der Waals surface area contributed by atoms with Crippen LogP contribution in [0, 0.1) is 0 Å². The monoisotopic (exact) mass is 300 g/mol. The number of hydrogen-bond acceptors (Lipinski definition) is 4. The van der Waals surface area contributed by atoms with E-state index in [1.54, 1.807) is 0 Å². The Balaban J connectivity index is 2.83. The van der Waals surface area contributed by atoms with E-state index in [1.165, 1.54) is 0 Å². The second kappa shape index (κ2) is 5.69. The Kier molecular flexibility index (Phi) is 4.94. The maximum Gasteiger partial charge on any atom is 0.354 e. The minimum absolute atomic E-state index is 0.0601. The normalized spacial score (nSPS) is 19.8. The molecule has 0 unspecified atom stereocenters. The summed E-state index contributed by atoms with van der Waals surface area (Å²) >= 11 is 0. The Bertz CT molecular complexity index is 409. The molecule has 1 heterocycles. The van der Waals surface area contributed by atoms with Gasteiger partial charge < -0.3 is 19.6 Å². The van der Waals surface area contributed by atoms with Crippen LogP contribution in [0.1, 0.15) is 12.8 Å². The lowest BCUT2D eigenvalue weighted by Crippen LogP contribution is -2.42. The van der Waals surface area contributed by atoms with Gasteiger partial charge in [-0.05, 0) is 18.4 Å². The highest BCUT2D eigenvalue weighted by molar-refractivity contribution is 7.70. The molecule has 0 spiro atoms. The summed E-state index contributed by atoms with van der Waals surface area (Å²) in [6.45, 7) is 0.120. The molecule has 0 aliphatic carbocycles. The molecule has 1 aliphatic heterocycles. The van der Waals surface area contributed by atoms with E-state index in [0.29, 0.717) is 12.8 Å². The smallest absolute Gasteiger partial charge is 0.323 e. The maximum atomic E-state index is 11.2. The van der Waals surface area contributed by atoms with Crippen LogP contribution < -0.4 is 0 Å². The van der Waals surface area contributed by atoms with Crippen LogP contribution in [-0.2, 0) is 9.13 Å². The molecule has 1 fully saturated rings. The van der Waals surface area contributed by atoms with Crippen LogP contribution in [0.15, 0.2) is 5.11 Å². The van der Waals surface area contributed by atoms with Gasteiger partial charge in [0, 0.05) is 24.0 Å². The fourth-order valence-corrected chi connectivity index (χ4v) is 4.81. The van der Waals surface area contributed by atoms with Gasteiger partial charge in [0.25, 0.3) is 0 Å². The molecule has 0 aromatic carbocycles. The standard InChI is InChI=1S/C6H14N4O6P2/c7-9-8-5-1-3-10(4-2-5)6(17(11,12)13)18(14,15)16/h5-6H,1-4H2,(H2,11,12,13)(H2,14,15,16). The van der Waals surface area contributed by atoms with Gasteiger partial charge in [0.05, 0.1) is 0 Å². The fourth-order valence-electron chi connectivity index (χ4n) is 1.93. The average Bonchev–Trinajstić information content (AvgIpc) is 2.17. The minimum Gasteiger partial charge on any atom is -0.323 e. The van der Waals surface area contributed by atoms with Gasteiger partial charge in [-0.15, -0.1) is 0 Å². The molecule has 0 saturated carbocycles. The van der Waals surface area contributed by atoms with Crippen molar-refractivity contribution >= 4 is 15.2 Å². The molecule has 1 saturated heterocycles. The Morgan fingerprint density at radius 1 is 1.17 bits per heavy atom. The van der Waals surface area contributed by atoms with E-state index in [4.69, 9.17) is 25.1 Å². The zero-order chi connectivity index (χ0) is 14.0. The number of nitrogens with zero attached hydrogens (tertiary/aromatic N) is 4. The fraction of sp³-hybridized carbons (Fsp3) is 1.00. The number of azide groups is 1. The number of rotatable bonds is 4. The quantitative estimate of drug-likeness (QED) is 0.252. The molecule has 0 aromatic heterocycles. The van der Waals surface area contributed by atoms with Gasteiger partial charge >= 0.3 is 15.2 Å². The van der Waals surface area contributed by atoms with Gasteiger partial charge in [-0.25, -0.2) is 0 Å². The third-order valence-electron chi connectivity index (χ3n) is 2.64. The van der Waals surface area contributed by atoms with E-state index in [2.05, 4.69) is 10.0 Å². The zero-order valence-corrected chi connectivity index (χ0v) is 11.1. The Hall–Kier alpha value is -0.430. The lowest BCUT2D eigenvalue weighted by atomic mass is 10.1. The highest BCUT2D eigenvalue weighted by Gasteiger charge is 2.48. The molecule has 0 aromatic rings. The van der Waals surface area contributed by atoms with Crippen molar-refractivity contribution in [3.05, 3.63) is 10.4 Å². The lowest BCUT2D eigenvalue weighted by molar-refractivity contribution is 0.186. The van der Waals surface area contributed by atoms with Crippen LogP contribution in [-0.4, -0.2) is 49.1 Å². The summed E-state index contributed by atoms with van der Waals surface area (Å²) in [6.07, 6.45) is 0.612. The van der Waals surface area contributed by atoms with Crippen molar-refractivity contribution in [3.8, 4) is 0 Å². The summed E-state index contributed by atoms with van der Waals surface area (Å²) in [6, 6.07) is -0.305. The summed E-state index contributed by atoms with van der Waals surface area (Å²) in [4.78, 5) is 39.8. The summed E-state index contributed by atoms with van der Waals surface area (Å²) in [5.74, 6) is 0. The largest absolute Gasteiger partial charge is 0.354 e. The highest BCUT2D eigenvalue weighted by Crippen LogP contribution is 2.61. The lowest BCUT2D eigenvalue weighted by Gasteiger charge is -2.36. The predicted molar refractivity (Wildman–Crippen MR) is 61.6 cm³/mol. The van der Waals surface area contributed by atoms with Crippen molar-refractivity contribution in [1.29, 1.82) is 0 Å². The Labute approximate surface area is 103 Å². The van der Waals surface area contributed by atoms with Crippen LogP contribution in [0.25, 0.3) is 10.4 Å². The van der Waals surface area contributed by atoms with Crippen LogP contribution in [0.2, 0.25) is 0 Å². The van der Waals surface area contributed by atoms with E-state index >= 15 is 0 Å². The molecular formula is C6H14N4O6P2. The molecule has 0 bridgehead atoms.